The number of carbonyl (C=O) groups excluding carboxylic acids is 1. The molecule has 1 N–H and O–H groups in total. The van der Waals surface area contributed by atoms with Crippen molar-refractivity contribution >= 4 is 21.8 Å². The van der Waals surface area contributed by atoms with Crippen molar-refractivity contribution in [2.75, 3.05) is 24.8 Å². The van der Waals surface area contributed by atoms with Gasteiger partial charge in [0.25, 0.3) is 0 Å². The van der Waals surface area contributed by atoms with Gasteiger partial charge in [0.2, 0.25) is 16.8 Å². The lowest BCUT2D eigenvalue weighted by Crippen LogP contribution is -2.35. The maximum absolute atomic E-state index is 13.7. The third-order valence-electron chi connectivity index (χ3n) is 4.17. The Bertz CT molecular complexity index is 997. The minimum Gasteiger partial charge on any atom is -0.454 e. The number of amides is 1. The van der Waals surface area contributed by atoms with E-state index in [0.717, 1.165) is 12.1 Å². The van der Waals surface area contributed by atoms with E-state index < -0.39 is 32.9 Å². The van der Waals surface area contributed by atoms with Crippen molar-refractivity contribution in [2.45, 2.75) is 11.0 Å². The molecule has 0 spiro atoms. The van der Waals surface area contributed by atoms with Crippen LogP contribution in [0.15, 0.2) is 47.4 Å². The van der Waals surface area contributed by atoms with Gasteiger partial charge in [-0.25, -0.2) is 22.3 Å². The lowest BCUT2D eigenvalue weighted by Gasteiger charge is -2.13. The molecule has 2 heterocycles. The zero-order valence-corrected chi connectivity index (χ0v) is 14.7. The van der Waals surface area contributed by atoms with E-state index in [4.69, 9.17) is 14.2 Å². The van der Waals surface area contributed by atoms with Crippen LogP contribution < -0.4 is 19.1 Å². The minimum atomic E-state index is -4.06. The minimum absolute atomic E-state index is 0.115. The second kappa shape index (κ2) is 6.71. The van der Waals surface area contributed by atoms with Crippen molar-refractivity contribution in [1.82, 2.24) is 4.72 Å². The van der Waals surface area contributed by atoms with Gasteiger partial charge < -0.3 is 14.2 Å². The van der Waals surface area contributed by atoms with Crippen LogP contribution in [0.4, 0.5) is 14.9 Å². The Kier molecular flexibility index (Phi) is 4.36. The largest absolute Gasteiger partial charge is 0.454 e. The topological polar surface area (TPSA) is 94.2 Å². The van der Waals surface area contributed by atoms with Crippen molar-refractivity contribution in [3.05, 3.63) is 48.3 Å². The molecule has 10 heteroatoms. The molecule has 0 bridgehead atoms. The first-order valence-electron chi connectivity index (χ1n) is 8.06. The molecule has 2 aliphatic rings. The number of rotatable bonds is 5. The van der Waals surface area contributed by atoms with Gasteiger partial charge in [-0.2, -0.15) is 0 Å². The number of halogens is 1. The first-order chi connectivity index (χ1) is 12.9. The van der Waals surface area contributed by atoms with Crippen molar-refractivity contribution in [2.24, 2.45) is 0 Å². The normalized spacial score (nSPS) is 18.6. The smallest absolute Gasteiger partial charge is 0.414 e. The molecule has 1 fully saturated rings. The van der Waals surface area contributed by atoms with E-state index in [2.05, 4.69) is 4.72 Å². The SMILES string of the molecule is O=C1O[C@H](CNS(=O)(=O)c2ccccc2F)CN1c1ccc2c(c1)OCO2. The number of hydrogen-bond donors (Lipinski definition) is 1. The number of sulfonamides is 1. The predicted molar refractivity (Wildman–Crippen MR) is 91.8 cm³/mol. The molecule has 27 heavy (non-hydrogen) atoms. The molecule has 8 nitrogen and oxygen atoms in total. The maximum atomic E-state index is 13.7. The molecule has 0 aromatic heterocycles. The quantitative estimate of drug-likeness (QED) is 0.832. The Morgan fingerprint density at radius 3 is 2.74 bits per heavy atom. The molecule has 1 atom stereocenters. The average molecular weight is 394 g/mol. The molecule has 2 aromatic carbocycles. The van der Waals surface area contributed by atoms with Gasteiger partial charge in [-0.1, -0.05) is 12.1 Å². The lowest BCUT2D eigenvalue weighted by molar-refractivity contribution is 0.143. The molecule has 1 amide bonds. The molecule has 2 aliphatic heterocycles. The van der Waals surface area contributed by atoms with E-state index in [-0.39, 0.29) is 19.9 Å². The zero-order valence-electron chi connectivity index (χ0n) is 13.9. The van der Waals surface area contributed by atoms with Gasteiger partial charge >= 0.3 is 6.09 Å². The molecule has 0 unspecified atom stereocenters. The summed E-state index contributed by atoms with van der Waals surface area (Å²) in [6.45, 7) is 0.0748. The number of ether oxygens (including phenoxy) is 3. The van der Waals surface area contributed by atoms with Crippen LogP contribution >= 0.6 is 0 Å². The first-order valence-corrected chi connectivity index (χ1v) is 9.54. The summed E-state index contributed by atoms with van der Waals surface area (Å²) in [5, 5.41) is 0. The molecule has 1 saturated heterocycles. The highest BCUT2D eigenvalue weighted by atomic mass is 32.2. The third kappa shape index (κ3) is 3.40. The fraction of sp³-hybridized carbons (Fsp3) is 0.235. The summed E-state index contributed by atoms with van der Waals surface area (Å²) in [5.74, 6) is 0.250. The van der Waals surface area contributed by atoms with Gasteiger partial charge in [0.1, 0.15) is 16.8 Å². The molecular formula is C17H15FN2O6S. The average Bonchev–Trinajstić information content (AvgIpc) is 3.26. The van der Waals surface area contributed by atoms with Crippen LogP contribution in [0.25, 0.3) is 0 Å². The maximum Gasteiger partial charge on any atom is 0.414 e. The van der Waals surface area contributed by atoms with Crippen molar-refractivity contribution in [3.8, 4) is 11.5 Å². The predicted octanol–water partition coefficient (Wildman–Crippen LogP) is 1.86. The summed E-state index contributed by atoms with van der Waals surface area (Å²) in [7, 11) is -4.06. The van der Waals surface area contributed by atoms with Crippen LogP contribution in [0.5, 0.6) is 11.5 Å². The monoisotopic (exact) mass is 394 g/mol. The molecular weight excluding hydrogens is 379 g/mol. The van der Waals surface area contributed by atoms with E-state index in [1.165, 1.54) is 17.0 Å². The molecule has 142 valence electrons. The number of benzene rings is 2. The number of fused-ring (bicyclic) bond motifs is 1. The fourth-order valence-corrected chi connectivity index (χ4v) is 3.98. The highest BCUT2D eigenvalue weighted by Gasteiger charge is 2.34. The summed E-state index contributed by atoms with van der Waals surface area (Å²) in [4.78, 5) is 13.0. The first kappa shape index (κ1) is 17.6. The molecule has 0 saturated carbocycles. The van der Waals surface area contributed by atoms with E-state index in [9.17, 15) is 17.6 Å². The summed E-state index contributed by atoms with van der Waals surface area (Å²) < 4.78 is 56.2. The van der Waals surface area contributed by atoms with Crippen LogP contribution in [0.2, 0.25) is 0 Å². The van der Waals surface area contributed by atoms with Gasteiger partial charge in [-0.15, -0.1) is 0 Å². The second-order valence-corrected chi connectivity index (χ2v) is 7.67. The van der Waals surface area contributed by atoms with Crippen molar-refractivity contribution in [3.63, 3.8) is 0 Å². The Morgan fingerprint density at radius 2 is 1.93 bits per heavy atom. The Hall–Kier alpha value is -2.85. The summed E-state index contributed by atoms with van der Waals surface area (Å²) in [6.07, 6.45) is -1.33. The zero-order chi connectivity index (χ0) is 19.0. The molecule has 2 aromatic rings. The van der Waals surface area contributed by atoms with Crippen molar-refractivity contribution in [1.29, 1.82) is 0 Å². The Labute approximate surface area is 154 Å². The van der Waals surface area contributed by atoms with Gasteiger partial charge in [0, 0.05) is 12.6 Å². The third-order valence-corrected chi connectivity index (χ3v) is 5.63. The van der Waals surface area contributed by atoms with Crippen LogP contribution in [0, 0.1) is 5.82 Å². The summed E-state index contributed by atoms with van der Waals surface area (Å²) in [5.41, 5.74) is 0.545. The number of anilines is 1. The van der Waals surface area contributed by atoms with Gasteiger partial charge in [-0.3, -0.25) is 4.90 Å². The molecule has 4 rings (SSSR count). The fourth-order valence-electron chi connectivity index (χ4n) is 2.83. The number of cyclic esters (lactones) is 1. The van der Waals surface area contributed by atoms with E-state index in [1.807, 2.05) is 0 Å². The van der Waals surface area contributed by atoms with E-state index >= 15 is 0 Å². The highest BCUT2D eigenvalue weighted by molar-refractivity contribution is 7.89. The Morgan fingerprint density at radius 1 is 1.15 bits per heavy atom. The van der Waals surface area contributed by atoms with Gasteiger partial charge in [0.15, 0.2) is 11.5 Å². The summed E-state index contributed by atoms with van der Waals surface area (Å²) >= 11 is 0. The van der Waals surface area contributed by atoms with Gasteiger partial charge in [-0.05, 0) is 24.3 Å². The lowest BCUT2D eigenvalue weighted by atomic mass is 10.2. The second-order valence-electron chi connectivity index (χ2n) is 5.94. The van der Waals surface area contributed by atoms with Crippen LogP contribution in [-0.4, -0.2) is 40.5 Å². The molecule has 0 aliphatic carbocycles. The number of nitrogens with one attached hydrogen (secondary N) is 1. The van der Waals surface area contributed by atoms with E-state index in [1.54, 1.807) is 18.2 Å². The number of carbonyl (C=O) groups is 1. The van der Waals surface area contributed by atoms with Crippen LogP contribution in [0.1, 0.15) is 0 Å². The number of nitrogens with zero attached hydrogens (tertiary/aromatic N) is 1. The number of hydrogen-bond acceptors (Lipinski definition) is 6. The summed E-state index contributed by atoms with van der Waals surface area (Å²) in [6, 6.07) is 10.1. The highest BCUT2D eigenvalue weighted by Crippen LogP contribution is 2.36. The van der Waals surface area contributed by atoms with Gasteiger partial charge in [0.05, 0.1) is 12.2 Å². The standard InChI is InChI=1S/C17H15FN2O6S/c18-13-3-1-2-4-16(13)27(22,23)19-8-12-9-20(17(21)26-12)11-5-6-14-15(7-11)25-10-24-14/h1-7,12,19H,8-10H2/t12-/m1/s1. The van der Waals surface area contributed by atoms with Crippen LogP contribution in [0.3, 0.4) is 0 Å². The Balaban J connectivity index is 1.43. The van der Waals surface area contributed by atoms with Crippen LogP contribution in [-0.2, 0) is 14.8 Å². The molecule has 0 radical (unpaired) electrons. The van der Waals surface area contributed by atoms with E-state index in [0.29, 0.717) is 17.2 Å². The van der Waals surface area contributed by atoms with Crippen molar-refractivity contribution < 1.29 is 31.8 Å².